The van der Waals surface area contributed by atoms with Crippen LogP contribution in [0, 0.1) is 0 Å². The van der Waals surface area contributed by atoms with Crippen molar-refractivity contribution in [1.29, 1.82) is 0 Å². The molecule has 1 aliphatic heterocycles. The SMILES string of the molecule is CC1C(NC(=O)C(=NOCCCCc2nc3cc(O)c(O)cc3nc2C(=O)O)c2csc(N)n2)C(=O)N1S(=O)(=O)O. The molecule has 1 aromatic carbocycles. The smallest absolute Gasteiger partial charge is 0.362 e. The third-order valence-electron chi connectivity index (χ3n) is 5.94. The summed E-state index contributed by atoms with van der Waals surface area (Å²) < 4.78 is 32.0. The fourth-order valence-electron chi connectivity index (χ4n) is 3.95. The summed E-state index contributed by atoms with van der Waals surface area (Å²) in [6.07, 6.45) is 0.866. The molecule has 2 amide bonds. The van der Waals surface area contributed by atoms with Crippen LogP contribution >= 0.6 is 11.3 Å². The zero-order valence-corrected chi connectivity index (χ0v) is 22.7. The van der Waals surface area contributed by atoms with E-state index in [0.29, 0.717) is 12.8 Å². The maximum Gasteiger partial charge on any atom is 0.362 e. The number of β-lactam (4-membered cyclic amide) rings is 1. The number of fused-ring (bicyclic) bond motifs is 1. The fraction of sp³-hybridized carbons (Fsp3) is 0.318. The van der Waals surface area contributed by atoms with Gasteiger partial charge in [0.2, 0.25) is 0 Å². The molecule has 0 bridgehead atoms. The Morgan fingerprint density at radius 2 is 1.83 bits per heavy atom. The largest absolute Gasteiger partial charge is 0.504 e. The number of aryl methyl sites for hydroxylation is 1. The lowest BCUT2D eigenvalue weighted by Gasteiger charge is -2.42. The van der Waals surface area contributed by atoms with Crippen molar-refractivity contribution in [3.05, 3.63) is 34.6 Å². The van der Waals surface area contributed by atoms with Crippen LogP contribution in [0.5, 0.6) is 11.5 Å². The summed E-state index contributed by atoms with van der Waals surface area (Å²) in [5.74, 6) is -4.14. The van der Waals surface area contributed by atoms with Crippen LogP contribution in [0.25, 0.3) is 11.0 Å². The van der Waals surface area contributed by atoms with Crippen molar-refractivity contribution in [2.45, 2.75) is 38.3 Å². The number of phenols is 2. The first-order chi connectivity index (χ1) is 19.3. The number of carbonyl (C=O) groups is 3. The number of unbranched alkanes of at least 4 members (excludes halogenated alkanes) is 1. The number of nitrogens with one attached hydrogen (secondary N) is 1. The van der Waals surface area contributed by atoms with Gasteiger partial charge in [-0.3, -0.25) is 14.1 Å². The van der Waals surface area contributed by atoms with Gasteiger partial charge in [-0.2, -0.15) is 8.42 Å². The second kappa shape index (κ2) is 11.5. The number of anilines is 1. The van der Waals surface area contributed by atoms with Gasteiger partial charge in [-0.05, 0) is 26.2 Å². The first-order valence-corrected chi connectivity index (χ1v) is 14.0. The Kier molecular flexibility index (Phi) is 8.22. The summed E-state index contributed by atoms with van der Waals surface area (Å²) in [5, 5.41) is 36.6. The molecule has 1 saturated heterocycles. The van der Waals surface area contributed by atoms with Crippen LogP contribution < -0.4 is 11.1 Å². The van der Waals surface area contributed by atoms with Crippen LogP contribution in [0.1, 0.15) is 41.6 Å². The Bertz CT molecular complexity index is 1670. The molecule has 0 saturated carbocycles. The van der Waals surface area contributed by atoms with E-state index in [-0.39, 0.29) is 56.3 Å². The number of rotatable bonds is 11. The highest BCUT2D eigenvalue weighted by molar-refractivity contribution is 7.84. The Balaban J connectivity index is 1.40. The molecule has 0 radical (unpaired) electrons. The molecular weight excluding hydrogens is 586 g/mol. The first-order valence-electron chi connectivity index (χ1n) is 11.8. The molecule has 19 heteroatoms. The molecule has 0 aliphatic carbocycles. The van der Waals surface area contributed by atoms with Crippen molar-refractivity contribution in [3.63, 3.8) is 0 Å². The van der Waals surface area contributed by atoms with E-state index in [9.17, 15) is 38.1 Å². The number of amides is 2. The molecule has 1 aliphatic rings. The zero-order chi connectivity index (χ0) is 30.1. The maximum atomic E-state index is 12.9. The Morgan fingerprint density at radius 3 is 2.39 bits per heavy atom. The monoisotopic (exact) mass is 609 g/mol. The number of aromatic hydroxyl groups is 2. The number of aromatic nitrogens is 3. The minimum Gasteiger partial charge on any atom is -0.504 e. The number of oxime groups is 1. The third kappa shape index (κ3) is 6.26. The lowest BCUT2D eigenvalue weighted by Crippen LogP contribution is -2.71. The number of carboxylic acids is 1. The normalized spacial score (nSPS) is 17.4. The summed E-state index contributed by atoms with van der Waals surface area (Å²) in [4.78, 5) is 54.2. The van der Waals surface area contributed by atoms with Gasteiger partial charge in [-0.25, -0.2) is 24.1 Å². The van der Waals surface area contributed by atoms with E-state index in [0.717, 1.165) is 17.4 Å². The number of phenolic OH excluding ortho intramolecular Hbond substituents is 2. The van der Waals surface area contributed by atoms with Crippen molar-refractivity contribution in [2.24, 2.45) is 5.16 Å². The maximum absolute atomic E-state index is 12.9. The molecule has 2 atom stereocenters. The highest BCUT2D eigenvalue weighted by atomic mass is 32.2. The average Bonchev–Trinajstić information content (AvgIpc) is 3.31. The van der Waals surface area contributed by atoms with Crippen LogP contribution in [0.4, 0.5) is 5.13 Å². The third-order valence-corrected chi connectivity index (χ3v) is 7.62. The molecule has 0 spiro atoms. The topological polar surface area (TPSA) is 268 Å². The molecule has 17 nitrogen and oxygen atoms in total. The highest BCUT2D eigenvalue weighted by Gasteiger charge is 2.51. The van der Waals surface area contributed by atoms with Gasteiger partial charge in [0, 0.05) is 17.5 Å². The number of nitrogens with zero attached hydrogens (tertiary/aromatic N) is 5. The van der Waals surface area contributed by atoms with Gasteiger partial charge in [-0.1, -0.05) is 5.16 Å². The summed E-state index contributed by atoms with van der Waals surface area (Å²) in [7, 11) is -4.78. The van der Waals surface area contributed by atoms with Gasteiger partial charge < -0.3 is 31.2 Å². The number of benzene rings is 1. The Labute approximate surface area is 235 Å². The van der Waals surface area contributed by atoms with E-state index in [1.165, 1.54) is 18.4 Å². The number of aromatic carboxylic acids is 1. The molecule has 7 N–H and O–H groups in total. The second-order valence-electron chi connectivity index (χ2n) is 8.76. The van der Waals surface area contributed by atoms with Crippen molar-refractivity contribution in [1.82, 2.24) is 24.6 Å². The van der Waals surface area contributed by atoms with Crippen molar-refractivity contribution in [2.75, 3.05) is 12.3 Å². The van der Waals surface area contributed by atoms with E-state index >= 15 is 0 Å². The number of carbonyl (C=O) groups excluding carboxylic acids is 2. The summed E-state index contributed by atoms with van der Waals surface area (Å²) in [6.45, 7) is 1.29. The molecule has 2 aromatic heterocycles. The van der Waals surface area contributed by atoms with E-state index in [1.54, 1.807) is 0 Å². The number of nitrogens with two attached hydrogens (primary N) is 1. The molecule has 1 fully saturated rings. The van der Waals surface area contributed by atoms with Gasteiger partial charge >= 0.3 is 16.3 Å². The van der Waals surface area contributed by atoms with E-state index in [1.807, 2.05) is 0 Å². The summed E-state index contributed by atoms with van der Waals surface area (Å²) in [6, 6.07) is -0.0218. The van der Waals surface area contributed by atoms with Gasteiger partial charge in [0.1, 0.15) is 18.3 Å². The van der Waals surface area contributed by atoms with Crippen LogP contribution in [0.15, 0.2) is 22.7 Å². The van der Waals surface area contributed by atoms with Crippen molar-refractivity contribution < 1.29 is 47.5 Å². The van der Waals surface area contributed by atoms with Crippen molar-refractivity contribution >= 4 is 61.3 Å². The predicted octanol–water partition coefficient (Wildman–Crippen LogP) is 0.0398. The molecular formula is C22H23N7O10S2. The number of carboxylic acid groups (broad SMARTS) is 1. The highest BCUT2D eigenvalue weighted by Crippen LogP contribution is 2.29. The number of nitrogen functional groups attached to an aromatic ring is 1. The fourth-order valence-corrected chi connectivity index (χ4v) is 5.38. The van der Waals surface area contributed by atoms with E-state index < -0.39 is 51.7 Å². The number of hydrogen-bond donors (Lipinski definition) is 6. The van der Waals surface area contributed by atoms with Crippen molar-refractivity contribution in [3.8, 4) is 11.5 Å². The molecule has 41 heavy (non-hydrogen) atoms. The van der Waals surface area contributed by atoms with Gasteiger partial charge in [0.25, 0.3) is 11.8 Å². The van der Waals surface area contributed by atoms with Gasteiger partial charge in [-0.15, -0.1) is 11.3 Å². The Hall–Kier alpha value is -4.62. The minimum atomic E-state index is -4.78. The van der Waals surface area contributed by atoms with Crippen LogP contribution in [-0.2, 0) is 31.2 Å². The Morgan fingerprint density at radius 1 is 1.17 bits per heavy atom. The predicted molar refractivity (Wildman–Crippen MR) is 142 cm³/mol. The molecule has 218 valence electrons. The van der Waals surface area contributed by atoms with Crippen LogP contribution in [-0.4, -0.2) is 89.7 Å². The van der Waals surface area contributed by atoms with Gasteiger partial charge in [0.05, 0.1) is 22.8 Å². The van der Waals surface area contributed by atoms with E-state index in [4.69, 9.17) is 15.1 Å². The summed E-state index contributed by atoms with van der Waals surface area (Å²) >= 11 is 1.02. The van der Waals surface area contributed by atoms with Crippen LogP contribution in [0.2, 0.25) is 0 Å². The molecule has 3 heterocycles. The lowest BCUT2D eigenvalue weighted by molar-refractivity contribution is -0.143. The average molecular weight is 610 g/mol. The molecule has 4 rings (SSSR count). The number of thiazole rings is 1. The van der Waals surface area contributed by atoms with E-state index in [2.05, 4.69) is 25.4 Å². The lowest BCUT2D eigenvalue weighted by atomic mass is 10.0. The summed E-state index contributed by atoms with van der Waals surface area (Å²) in [5.41, 5.74) is 5.48. The molecule has 3 aromatic rings. The molecule has 2 unspecified atom stereocenters. The number of hydrogen-bond acceptors (Lipinski definition) is 14. The second-order valence-corrected chi connectivity index (χ2v) is 10.9. The standard InChI is InChI=1S/C22H23N7O10S2/c1-9-16(20(33)29(9)41(36,37)38)27-19(32)17(13-8-40-22(23)26-13)28-39-5-3-2-4-10-18(21(34)35)25-12-7-15(31)14(30)6-11(12)24-10/h6-9,16,30-31H,2-5H2,1H3,(H2,23,26)(H,27,32)(H,34,35)(H,36,37,38). The quantitative estimate of drug-likeness (QED) is 0.0418. The first kappa shape index (κ1) is 29.4. The van der Waals surface area contributed by atoms with Gasteiger partial charge in [0.15, 0.2) is 28.0 Å². The zero-order valence-electron chi connectivity index (χ0n) is 21.1. The minimum absolute atomic E-state index is 0.0240. The van der Waals surface area contributed by atoms with Crippen LogP contribution in [0.3, 0.4) is 0 Å².